The lowest BCUT2D eigenvalue weighted by atomic mass is 9.84. The molecule has 0 aromatic heterocycles. The van der Waals surface area contributed by atoms with E-state index in [-0.39, 0.29) is 17.6 Å². The van der Waals surface area contributed by atoms with Crippen LogP contribution in [0.15, 0.2) is 11.1 Å². The Morgan fingerprint density at radius 2 is 1.67 bits per heavy atom. The van der Waals surface area contributed by atoms with Crippen LogP contribution in [0.1, 0.15) is 34.1 Å². The summed E-state index contributed by atoms with van der Waals surface area (Å²) in [5.74, 6) is -1.96. The Morgan fingerprint density at radius 1 is 1.12 bits per heavy atom. The average molecular weight is 343 g/mol. The molecule has 0 aromatic rings. The van der Waals surface area contributed by atoms with Gasteiger partial charge in [-0.1, -0.05) is 5.57 Å². The van der Waals surface area contributed by atoms with E-state index in [9.17, 15) is 19.5 Å². The van der Waals surface area contributed by atoms with Gasteiger partial charge in [0.15, 0.2) is 0 Å². The number of esters is 2. The highest BCUT2D eigenvalue weighted by Crippen LogP contribution is 2.28. The molecule has 0 aromatic carbocycles. The Hall–Kier alpha value is -1.89. The van der Waals surface area contributed by atoms with Crippen LogP contribution in [0.25, 0.3) is 0 Å². The summed E-state index contributed by atoms with van der Waals surface area (Å²) in [5, 5.41) is 10.7. The summed E-state index contributed by atoms with van der Waals surface area (Å²) in [6, 6.07) is 0. The minimum atomic E-state index is -1.15. The molecule has 24 heavy (non-hydrogen) atoms. The normalized spacial score (nSPS) is 13.1. The summed E-state index contributed by atoms with van der Waals surface area (Å²) in [6.45, 7) is 7.24. The summed E-state index contributed by atoms with van der Waals surface area (Å²) in [7, 11) is 4.76. The van der Waals surface area contributed by atoms with E-state index in [4.69, 9.17) is 4.74 Å². The van der Waals surface area contributed by atoms with Gasteiger partial charge in [0.25, 0.3) is 0 Å². The van der Waals surface area contributed by atoms with Crippen LogP contribution in [0.3, 0.4) is 0 Å². The van der Waals surface area contributed by atoms with E-state index in [1.165, 1.54) is 7.11 Å². The summed E-state index contributed by atoms with van der Waals surface area (Å²) < 4.78 is 10.1. The highest BCUT2D eigenvalue weighted by atomic mass is 16.5. The number of hydrogen-bond donors (Lipinski definition) is 0. The van der Waals surface area contributed by atoms with Crippen LogP contribution in [0.5, 0.6) is 0 Å². The Bertz CT molecular complexity index is 519. The summed E-state index contributed by atoms with van der Waals surface area (Å²) in [6.07, 6.45) is 0.365. The maximum absolute atomic E-state index is 12.3. The van der Waals surface area contributed by atoms with E-state index in [1.54, 1.807) is 41.8 Å². The van der Waals surface area contributed by atoms with Crippen molar-refractivity contribution < 1.29 is 33.4 Å². The van der Waals surface area contributed by atoms with Crippen molar-refractivity contribution in [1.82, 2.24) is 0 Å². The number of quaternary nitrogens is 1. The van der Waals surface area contributed by atoms with Crippen LogP contribution in [0.4, 0.5) is 0 Å². The largest absolute Gasteiger partial charge is 0.544 e. The first kappa shape index (κ1) is 22.1. The van der Waals surface area contributed by atoms with E-state index in [0.717, 1.165) is 5.57 Å². The molecule has 0 amide bonds. The van der Waals surface area contributed by atoms with E-state index >= 15 is 0 Å². The van der Waals surface area contributed by atoms with Crippen LogP contribution < -0.4 is 5.11 Å². The first-order valence-electron chi connectivity index (χ1n) is 7.76. The number of rotatable bonds is 9. The number of carboxylic acid groups (broad SMARTS) is 1. The second-order valence-electron chi connectivity index (χ2n) is 7.28. The first-order chi connectivity index (χ1) is 10.8. The van der Waals surface area contributed by atoms with Gasteiger partial charge in [-0.3, -0.25) is 4.79 Å². The van der Waals surface area contributed by atoms with E-state index in [2.05, 4.69) is 4.74 Å². The molecule has 0 unspecified atom stereocenters. The number of allylic oxidation sites excluding steroid dienone is 1. The minimum absolute atomic E-state index is 0.112. The topological polar surface area (TPSA) is 92.7 Å². The number of ether oxygens (including phenoxy) is 2. The molecule has 0 fully saturated rings. The summed E-state index contributed by atoms with van der Waals surface area (Å²) >= 11 is 0. The number of carbonyl (C=O) groups is 3. The second-order valence-corrected chi connectivity index (χ2v) is 7.28. The van der Waals surface area contributed by atoms with Crippen molar-refractivity contribution in [1.29, 1.82) is 0 Å². The first-order valence-corrected chi connectivity index (χ1v) is 7.76. The van der Waals surface area contributed by atoms with Crippen molar-refractivity contribution in [2.45, 2.75) is 34.1 Å². The van der Waals surface area contributed by atoms with Crippen molar-refractivity contribution in [3.8, 4) is 0 Å². The molecule has 0 saturated carbocycles. The zero-order chi connectivity index (χ0) is 19.1. The standard InChI is InChI=1S/C17H29NO6/c1-12(13(2)15(21)23-7)10-17(3,4)16(22)24-9-8-18(5,6)11-14(19)20/h8-11H2,1-7H3/b13-12-. The number of likely N-dealkylation sites (N-methyl/N-ethyl adjacent to an activating group) is 1. The fraction of sp³-hybridized carbons (Fsp3) is 0.706. The number of carboxylic acids is 1. The van der Waals surface area contributed by atoms with E-state index < -0.39 is 23.3 Å². The molecule has 0 aliphatic heterocycles. The Balaban J connectivity index is 4.69. The molecule has 138 valence electrons. The third kappa shape index (κ3) is 7.59. The summed E-state index contributed by atoms with van der Waals surface area (Å²) in [5.41, 5.74) is 0.437. The molecular formula is C17H29NO6. The molecule has 0 heterocycles. The molecule has 7 nitrogen and oxygen atoms in total. The average Bonchev–Trinajstić information content (AvgIpc) is 2.43. The van der Waals surface area contributed by atoms with Crippen LogP contribution >= 0.6 is 0 Å². The van der Waals surface area contributed by atoms with Crippen LogP contribution in [0, 0.1) is 5.41 Å². The van der Waals surface area contributed by atoms with Gasteiger partial charge in [0.2, 0.25) is 0 Å². The van der Waals surface area contributed by atoms with Crippen LogP contribution in [-0.4, -0.2) is 63.3 Å². The van der Waals surface area contributed by atoms with Gasteiger partial charge in [-0.25, -0.2) is 4.79 Å². The SMILES string of the molecule is COC(=O)/C(C)=C(/C)CC(C)(C)C(=O)OCC[N+](C)(C)CC(=O)[O-]. The predicted octanol–water partition coefficient (Wildman–Crippen LogP) is 0.282. The van der Waals surface area contributed by atoms with Gasteiger partial charge < -0.3 is 23.9 Å². The number of aliphatic carboxylic acids is 1. The van der Waals surface area contributed by atoms with Crippen LogP contribution in [0.2, 0.25) is 0 Å². The third-order valence-electron chi connectivity index (χ3n) is 3.88. The lowest BCUT2D eigenvalue weighted by molar-refractivity contribution is -0.884. The highest BCUT2D eigenvalue weighted by Gasteiger charge is 2.31. The van der Waals surface area contributed by atoms with Gasteiger partial charge in [-0.2, -0.15) is 0 Å². The summed E-state index contributed by atoms with van der Waals surface area (Å²) in [4.78, 5) is 34.5. The molecule has 0 aliphatic rings. The molecular weight excluding hydrogens is 314 g/mol. The second kappa shape index (κ2) is 8.82. The van der Waals surface area contributed by atoms with E-state index in [0.29, 0.717) is 18.5 Å². The molecule has 0 bridgehead atoms. The monoisotopic (exact) mass is 343 g/mol. The van der Waals surface area contributed by atoms with Gasteiger partial charge in [0.1, 0.15) is 19.7 Å². The number of hydrogen-bond acceptors (Lipinski definition) is 6. The predicted molar refractivity (Wildman–Crippen MR) is 86.6 cm³/mol. The quantitative estimate of drug-likeness (QED) is 0.339. The Kier molecular flexibility index (Phi) is 8.13. The smallest absolute Gasteiger partial charge is 0.333 e. The highest BCUT2D eigenvalue weighted by molar-refractivity contribution is 5.88. The van der Waals surface area contributed by atoms with Crippen LogP contribution in [-0.2, 0) is 23.9 Å². The lowest BCUT2D eigenvalue weighted by Gasteiger charge is -2.30. The fourth-order valence-corrected chi connectivity index (χ4v) is 2.20. The fourth-order valence-electron chi connectivity index (χ4n) is 2.20. The number of nitrogens with zero attached hydrogens (tertiary/aromatic N) is 1. The molecule has 0 saturated heterocycles. The number of methoxy groups -OCH3 is 1. The van der Waals surface area contributed by atoms with Crippen molar-refractivity contribution in [2.75, 3.05) is 40.9 Å². The Morgan fingerprint density at radius 3 is 2.12 bits per heavy atom. The van der Waals surface area contributed by atoms with Gasteiger partial charge in [0.05, 0.1) is 32.6 Å². The molecule has 0 radical (unpaired) electrons. The van der Waals surface area contributed by atoms with Crippen molar-refractivity contribution in [2.24, 2.45) is 5.41 Å². The van der Waals surface area contributed by atoms with Gasteiger partial charge in [-0.05, 0) is 34.1 Å². The van der Waals surface area contributed by atoms with Crippen molar-refractivity contribution in [3.05, 3.63) is 11.1 Å². The maximum Gasteiger partial charge on any atom is 0.333 e. The molecule has 0 N–H and O–H groups in total. The van der Waals surface area contributed by atoms with Gasteiger partial charge in [0, 0.05) is 5.57 Å². The zero-order valence-corrected chi connectivity index (χ0v) is 15.7. The maximum atomic E-state index is 12.3. The van der Waals surface area contributed by atoms with Crippen molar-refractivity contribution >= 4 is 17.9 Å². The molecule has 0 rings (SSSR count). The van der Waals surface area contributed by atoms with Gasteiger partial charge >= 0.3 is 11.9 Å². The zero-order valence-electron chi connectivity index (χ0n) is 15.7. The third-order valence-corrected chi connectivity index (χ3v) is 3.88. The number of carbonyl (C=O) groups excluding carboxylic acids is 3. The van der Waals surface area contributed by atoms with Crippen molar-refractivity contribution in [3.63, 3.8) is 0 Å². The Labute approximate surface area is 143 Å². The minimum Gasteiger partial charge on any atom is -0.544 e. The lowest BCUT2D eigenvalue weighted by Crippen LogP contribution is -2.50. The molecule has 7 heteroatoms. The molecule has 0 aliphatic carbocycles. The van der Waals surface area contributed by atoms with Gasteiger partial charge in [-0.15, -0.1) is 0 Å². The molecule has 0 atom stereocenters. The molecule has 0 spiro atoms. The van der Waals surface area contributed by atoms with E-state index in [1.807, 2.05) is 0 Å².